The molecule has 2 aliphatic heterocycles. The summed E-state index contributed by atoms with van der Waals surface area (Å²) in [4.78, 5) is 30.4. The minimum Gasteiger partial charge on any atom is -0.471 e. The lowest BCUT2D eigenvalue weighted by Gasteiger charge is -2.34. The molecule has 2 N–H and O–H groups in total. The van der Waals surface area contributed by atoms with Crippen LogP contribution in [0.4, 0.5) is 17.6 Å². The van der Waals surface area contributed by atoms with Crippen LogP contribution in [0.5, 0.6) is 11.6 Å². The van der Waals surface area contributed by atoms with Crippen LogP contribution in [-0.2, 0) is 20.5 Å². The van der Waals surface area contributed by atoms with Crippen LogP contribution in [0.2, 0.25) is 0 Å². The van der Waals surface area contributed by atoms with Crippen molar-refractivity contribution < 1.29 is 45.9 Å². The standard InChI is InChI=1S/C26H30BF4N3O6/c1-24(2)25(3,4)40-27(39-24)16-12-18(22(32)36)23(33-13-16)37-20-9-10-34(14-19(20)28)21(35)11-15-5-7-17(8-6-15)38-26(29,30)31/h5-8,12-13,19-20H,9-11,14H2,1-4H3,(H2,32,36). The predicted molar refractivity (Wildman–Crippen MR) is 136 cm³/mol. The Balaban J connectivity index is 1.37. The molecule has 0 radical (unpaired) electrons. The van der Waals surface area contributed by atoms with E-state index in [0.717, 1.165) is 12.1 Å². The summed E-state index contributed by atoms with van der Waals surface area (Å²) in [5, 5.41) is 0. The van der Waals surface area contributed by atoms with Gasteiger partial charge in [-0.3, -0.25) is 9.59 Å². The largest absolute Gasteiger partial charge is 0.573 e. The Bertz CT molecular complexity index is 1240. The minimum absolute atomic E-state index is 0.0594. The lowest BCUT2D eigenvalue weighted by Crippen LogP contribution is -2.49. The molecule has 0 saturated carbocycles. The van der Waals surface area contributed by atoms with Gasteiger partial charge in [0.1, 0.15) is 17.4 Å². The number of hydrogen-bond donors (Lipinski definition) is 1. The van der Waals surface area contributed by atoms with Crippen LogP contribution in [0.15, 0.2) is 36.5 Å². The number of benzene rings is 1. The highest BCUT2D eigenvalue weighted by atomic mass is 19.4. The van der Waals surface area contributed by atoms with Crippen molar-refractivity contribution in [2.45, 2.75) is 70.4 Å². The number of amides is 2. The van der Waals surface area contributed by atoms with Crippen molar-refractivity contribution in [2.24, 2.45) is 5.73 Å². The molecule has 1 aromatic carbocycles. The molecular weight excluding hydrogens is 537 g/mol. The van der Waals surface area contributed by atoms with Gasteiger partial charge in [-0.15, -0.1) is 13.2 Å². The zero-order chi connectivity index (χ0) is 29.5. The summed E-state index contributed by atoms with van der Waals surface area (Å²) in [5.74, 6) is -1.76. The molecule has 2 aliphatic rings. The van der Waals surface area contributed by atoms with Gasteiger partial charge in [0, 0.05) is 24.6 Å². The van der Waals surface area contributed by atoms with Crippen molar-refractivity contribution in [3.05, 3.63) is 47.7 Å². The number of aromatic nitrogens is 1. The van der Waals surface area contributed by atoms with Crippen LogP contribution in [-0.4, -0.2) is 71.7 Å². The van der Waals surface area contributed by atoms with Crippen molar-refractivity contribution in [1.29, 1.82) is 0 Å². The Morgan fingerprint density at radius 3 is 2.33 bits per heavy atom. The molecule has 2 saturated heterocycles. The Labute approximate surface area is 229 Å². The Morgan fingerprint density at radius 2 is 1.77 bits per heavy atom. The molecule has 2 atom stereocenters. The third-order valence-corrected chi connectivity index (χ3v) is 7.27. The number of nitrogens with two attached hydrogens (primary N) is 1. The highest BCUT2D eigenvalue weighted by molar-refractivity contribution is 6.62. The van der Waals surface area contributed by atoms with Crippen molar-refractivity contribution >= 4 is 24.4 Å². The molecule has 216 valence electrons. The van der Waals surface area contributed by atoms with Gasteiger partial charge in [0.15, 0.2) is 6.17 Å². The summed E-state index contributed by atoms with van der Waals surface area (Å²) in [6, 6.07) is 6.34. The van der Waals surface area contributed by atoms with E-state index < -0.39 is 54.5 Å². The topological polar surface area (TPSA) is 113 Å². The molecule has 9 nitrogen and oxygen atoms in total. The molecular formula is C26H30BF4N3O6. The third-order valence-electron chi connectivity index (χ3n) is 7.27. The molecule has 1 aromatic heterocycles. The number of piperidine rings is 1. The zero-order valence-electron chi connectivity index (χ0n) is 22.5. The molecule has 3 heterocycles. The number of rotatable bonds is 7. The molecule has 0 aliphatic carbocycles. The third kappa shape index (κ3) is 6.66. The Kier molecular flexibility index (Phi) is 8.05. The fourth-order valence-electron chi connectivity index (χ4n) is 4.33. The Morgan fingerprint density at radius 1 is 1.15 bits per heavy atom. The molecule has 4 rings (SSSR count). The van der Waals surface area contributed by atoms with Gasteiger partial charge >= 0.3 is 13.5 Å². The number of pyridine rings is 1. The first-order chi connectivity index (χ1) is 18.5. The summed E-state index contributed by atoms with van der Waals surface area (Å²) >= 11 is 0. The van der Waals surface area contributed by atoms with E-state index in [1.807, 2.05) is 27.7 Å². The van der Waals surface area contributed by atoms with Crippen molar-refractivity contribution in [2.75, 3.05) is 13.1 Å². The van der Waals surface area contributed by atoms with Gasteiger partial charge in [0.25, 0.3) is 5.91 Å². The van der Waals surface area contributed by atoms with Crippen LogP contribution in [0.25, 0.3) is 0 Å². The van der Waals surface area contributed by atoms with E-state index in [1.54, 1.807) is 0 Å². The maximum absolute atomic E-state index is 15.1. The molecule has 40 heavy (non-hydrogen) atoms. The zero-order valence-corrected chi connectivity index (χ0v) is 22.5. The quantitative estimate of drug-likeness (QED) is 0.405. The lowest BCUT2D eigenvalue weighted by molar-refractivity contribution is -0.274. The average Bonchev–Trinajstić information content (AvgIpc) is 3.07. The van der Waals surface area contributed by atoms with E-state index in [4.69, 9.17) is 19.8 Å². The van der Waals surface area contributed by atoms with Crippen LogP contribution >= 0.6 is 0 Å². The van der Waals surface area contributed by atoms with E-state index in [-0.39, 0.29) is 37.4 Å². The van der Waals surface area contributed by atoms with E-state index in [1.165, 1.54) is 29.3 Å². The van der Waals surface area contributed by atoms with E-state index in [9.17, 15) is 22.8 Å². The number of carbonyl (C=O) groups is 2. The van der Waals surface area contributed by atoms with E-state index >= 15 is 4.39 Å². The number of hydrogen-bond acceptors (Lipinski definition) is 7. The van der Waals surface area contributed by atoms with Crippen LogP contribution < -0.4 is 20.7 Å². The molecule has 0 bridgehead atoms. The van der Waals surface area contributed by atoms with Crippen LogP contribution in [0.1, 0.15) is 50.0 Å². The van der Waals surface area contributed by atoms with Gasteiger partial charge in [0.2, 0.25) is 11.8 Å². The van der Waals surface area contributed by atoms with Crippen molar-refractivity contribution in [3.8, 4) is 11.6 Å². The second-order valence-corrected chi connectivity index (χ2v) is 10.7. The number of likely N-dealkylation sites (tertiary alicyclic amines) is 1. The average molecular weight is 567 g/mol. The monoisotopic (exact) mass is 567 g/mol. The maximum Gasteiger partial charge on any atom is 0.573 e. The molecule has 2 fully saturated rings. The molecule has 0 spiro atoms. The first kappa shape index (κ1) is 29.6. The second kappa shape index (κ2) is 10.9. The maximum atomic E-state index is 15.1. The van der Waals surface area contributed by atoms with Gasteiger partial charge in [-0.1, -0.05) is 12.1 Å². The molecule has 2 unspecified atom stereocenters. The van der Waals surface area contributed by atoms with Crippen molar-refractivity contribution in [3.63, 3.8) is 0 Å². The summed E-state index contributed by atoms with van der Waals surface area (Å²) in [6.45, 7) is 7.43. The second-order valence-electron chi connectivity index (χ2n) is 10.7. The fourth-order valence-corrected chi connectivity index (χ4v) is 4.33. The van der Waals surface area contributed by atoms with Gasteiger partial charge in [-0.2, -0.15) is 0 Å². The van der Waals surface area contributed by atoms with E-state index in [2.05, 4.69) is 9.72 Å². The number of alkyl halides is 4. The van der Waals surface area contributed by atoms with E-state index in [0.29, 0.717) is 11.0 Å². The SMILES string of the molecule is CC1(C)OB(c2cnc(OC3CCN(C(=O)Cc4ccc(OC(F)(F)F)cc4)CC3F)c(C(N)=O)c2)OC1(C)C. The number of carbonyl (C=O) groups excluding carboxylic acids is 2. The summed E-state index contributed by atoms with van der Waals surface area (Å²) in [7, 11) is -0.791. The summed E-state index contributed by atoms with van der Waals surface area (Å²) in [6.07, 6.45) is -5.99. The van der Waals surface area contributed by atoms with Gasteiger partial charge < -0.3 is 29.4 Å². The minimum atomic E-state index is -4.82. The fraction of sp³-hybridized carbons (Fsp3) is 0.500. The number of halogens is 4. The first-order valence-corrected chi connectivity index (χ1v) is 12.6. The molecule has 2 aromatic rings. The normalized spacial score (nSPS) is 22.2. The van der Waals surface area contributed by atoms with Gasteiger partial charge in [0.05, 0.1) is 24.2 Å². The van der Waals surface area contributed by atoms with Gasteiger partial charge in [-0.05, 0) is 51.5 Å². The number of nitrogens with zero attached hydrogens (tertiary/aromatic N) is 2. The number of primary amides is 1. The number of ether oxygens (including phenoxy) is 2. The van der Waals surface area contributed by atoms with Crippen molar-refractivity contribution in [1.82, 2.24) is 9.88 Å². The Hall–Kier alpha value is -3.39. The smallest absolute Gasteiger partial charge is 0.471 e. The molecule has 14 heteroatoms. The first-order valence-electron chi connectivity index (χ1n) is 12.6. The molecule has 2 amide bonds. The highest BCUT2D eigenvalue weighted by Gasteiger charge is 2.52. The van der Waals surface area contributed by atoms with Gasteiger partial charge in [-0.25, -0.2) is 9.37 Å². The summed E-state index contributed by atoms with van der Waals surface area (Å²) < 4.78 is 73.6. The summed E-state index contributed by atoms with van der Waals surface area (Å²) in [5.41, 5.74) is 5.17. The van der Waals surface area contributed by atoms with Crippen LogP contribution in [0, 0.1) is 0 Å². The van der Waals surface area contributed by atoms with Crippen LogP contribution in [0.3, 0.4) is 0 Å². The predicted octanol–water partition coefficient (Wildman–Crippen LogP) is 2.94. The lowest BCUT2D eigenvalue weighted by atomic mass is 9.79. The highest BCUT2D eigenvalue weighted by Crippen LogP contribution is 2.36.